The van der Waals surface area contributed by atoms with Crippen molar-refractivity contribution in [3.63, 3.8) is 0 Å². The highest BCUT2D eigenvalue weighted by atomic mass is 28.3. The summed E-state index contributed by atoms with van der Waals surface area (Å²) in [6, 6.07) is 0. The minimum Gasteiger partial charge on any atom is -0.368 e. The number of ether oxygens (including phenoxy) is 3. The zero-order valence-corrected chi connectivity index (χ0v) is 17.3. The summed E-state index contributed by atoms with van der Waals surface area (Å²) in [7, 11) is -2.16. The quantitative estimate of drug-likeness (QED) is 0.770. The smallest absolute Gasteiger partial charge is 0.157 e. The normalized spacial score (nSPS) is 39.4. The van der Waals surface area contributed by atoms with E-state index in [4.69, 9.17) is 14.2 Å². The van der Waals surface area contributed by atoms with E-state index >= 15 is 0 Å². The predicted octanol–water partition coefficient (Wildman–Crippen LogP) is 3.26. The Bertz CT molecular complexity index is 495. The number of fused-ring (bicyclic) bond motifs is 1. The molecule has 3 rings (SSSR count). The van der Waals surface area contributed by atoms with E-state index in [1.54, 1.807) is 0 Å². The third-order valence-electron chi connectivity index (χ3n) is 6.87. The Labute approximate surface area is 152 Å². The SMILES string of the molecule is CC(C)(C)[Si](C)(C)C(=O)[C@H]1[C@H]2CC(O)O[C@H]2C[C@H]1OC1CCCCO1. The summed E-state index contributed by atoms with van der Waals surface area (Å²) < 4.78 is 17.7. The first-order valence-electron chi connectivity index (χ1n) is 9.76. The van der Waals surface area contributed by atoms with Gasteiger partial charge in [0, 0.05) is 31.3 Å². The molecule has 144 valence electrons. The molecule has 3 aliphatic rings. The standard InChI is InChI=1S/C19H34O5Si/c1-19(2,3)25(4,5)18(21)17-12-10-15(20)23-13(12)11-14(17)24-16-8-6-7-9-22-16/h12-17,20H,6-11H2,1-5H3/t12-,13-,14+,15?,16?,17-/m0/s1. The van der Waals surface area contributed by atoms with Crippen LogP contribution in [0.25, 0.3) is 0 Å². The maximum atomic E-state index is 13.6. The lowest BCUT2D eigenvalue weighted by atomic mass is 9.93. The molecule has 25 heavy (non-hydrogen) atoms. The van der Waals surface area contributed by atoms with E-state index in [0.717, 1.165) is 25.9 Å². The van der Waals surface area contributed by atoms with Crippen LogP contribution in [0, 0.1) is 11.8 Å². The topological polar surface area (TPSA) is 65.0 Å². The van der Waals surface area contributed by atoms with Gasteiger partial charge < -0.3 is 24.1 Å². The minimum atomic E-state index is -2.16. The first-order valence-corrected chi connectivity index (χ1v) is 12.8. The zero-order chi connectivity index (χ0) is 18.4. The first-order chi connectivity index (χ1) is 11.6. The first kappa shape index (κ1) is 19.5. The van der Waals surface area contributed by atoms with Crippen LogP contribution in [0.4, 0.5) is 0 Å². The van der Waals surface area contributed by atoms with Gasteiger partial charge in [0.2, 0.25) is 0 Å². The highest BCUT2D eigenvalue weighted by molar-refractivity contribution is 7.06. The van der Waals surface area contributed by atoms with Crippen LogP contribution >= 0.6 is 0 Å². The van der Waals surface area contributed by atoms with Crippen LogP contribution in [0.15, 0.2) is 0 Å². The lowest BCUT2D eigenvalue weighted by molar-refractivity contribution is -0.198. The van der Waals surface area contributed by atoms with Crippen LogP contribution in [0.3, 0.4) is 0 Å². The molecule has 1 aliphatic carbocycles. The molecule has 0 spiro atoms. The molecule has 3 fully saturated rings. The van der Waals surface area contributed by atoms with Crippen molar-refractivity contribution < 1.29 is 24.1 Å². The van der Waals surface area contributed by atoms with Gasteiger partial charge in [0.1, 0.15) is 13.5 Å². The molecule has 0 aromatic carbocycles. The lowest BCUT2D eigenvalue weighted by Crippen LogP contribution is -2.53. The monoisotopic (exact) mass is 370 g/mol. The second kappa shape index (κ2) is 7.04. The Morgan fingerprint density at radius 2 is 1.92 bits per heavy atom. The van der Waals surface area contributed by atoms with E-state index in [1.807, 2.05) is 0 Å². The van der Waals surface area contributed by atoms with Gasteiger partial charge in [0.25, 0.3) is 0 Å². The van der Waals surface area contributed by atoms with Gasteiger partial charge in [0.05, 0.1) is 12.2 Å². The number of hydrogen-bond donors (Lipinski definition) is 1. The van der Waals surface area contributed by atoms with Crippen LogP contribution in [0.2, 0.25) is 18.1 Å². The van der Waals surface area contributed by atoms with Crippen LogP contribution in [-0.2, 0) is 19.0 Å². The molecule has 2 unspecified atom stereocenters. The second-order valence-electron chi connectivity index (χ2n) is 9.50. The molecule has 0 radical (unpaired) electrons. The second-order valence-corrected chi connectivity index (χ2v) is 14.7. The average molecular weight is 371 g/mol. The largest absolute Gasteiger partial charge is 0.368 e. The maximum Gasteiger partial charge on any atom is 0.157 e. The summed E-state index contributed by atoms with van der Waals surface area (Å²) in [5.41, 5.74) is 0. The van der Waals surface area contributed by atoms with Gasteiger partial charge in [-0.05, 0) is 24.3 Å². The van der Waals surface area contributed by atoms with Gasteiger partial charge in [-0.1, -0.05) is 33.9 Å². The number of aliphatic hydroxyl groups excluding tert-OH is 1. The van der Waals surface area contributed by atoms with Crippen molar-refractivity contribution in [3.8, 4) is 0 Å². The number of hydrogen-bond acceptors (Lipinski definition) is 5. The average Bonchev–Trinajstić information content (AvgIpc) is 3.01. The summed E-state index contributed by atoms with van der Waals surface area (Å²) >= 11 is 0. The van der Waals surface area contributed by atoms with E-state index in [0.29, 0.717) is 18.2 Å². The Morgan fingerprint density at radius 1 is 1.20 bits per heavy atom. The summed E-state index contributed by atoms with van der Waals surface area (Å²) in [6.45, 7) is 11.6. The van der Waals surface area contributed by atoms with Gasteiger partial charge in [-0.15, -0.1) is 0 Å². The molecule has 6 atom stereocenters. The fourth-order valence-corrected chi connectivity index (χ4v) is 6.28. The van der Waals surface area contributed by atoms with Crippen molar-refractivity contribution in [3.05, 3.63) is 0 Å². The number of rotatable bonds is 4. The summed E-state index contributed by atoms with van der Waals surface area (Å²) in [5, 5.41) is 10.3. The van der Waals surface area contributed by atoms with Crippen LogP contribution in [0.5, 0.6) is 0 Å². The maximum absolute atomic E-state index is 13.6. The Hall–Kier alpha value is -0.273. The molecule has 0 bridgehead atoms. The molecular weight excluding hydrogens is 336 g/mol. The van der Waals surface area contributed by atoms with Crippen molar-refractivity contribution in [1.82, 2.24) is 0 Å². The highest BCUT2D eigenvalue weighted by Gasteiger charge is 2.57. The molecule has 2 heterocycles. The third kappa shape index (κ3) is 3.74. The molecular formula is C19H34O5Si. The number of aliphatic hydroxyl groups is 1. The Morgan fingerprint density at radius 3 is 2.52 bits per heavy atom. The van der Waals surface area contributed by atoms with Gasteiger partial charge >= 0.3 is 0 Å². The van der Waals surface area contributed by atoms with Crippen molar-refractivity contribution in [2.24, 2.45) is 11.8 Å². The number of carbonyl (C=O) groups excluding carboxylic acids is 1. The fourth-order valence-electron chi connectivity index (χ4n) is 4.31. The lowest BCUT2D eigenvalue weighted by Gasteiger charge is -2.39. The summed E-state index contributed by atoms with van der Waals surface area (Å²) in [4.78, 5) is 13.6. The zero-order valence-electron chi connectivity index (χ0n) is 16.3. The Balaban J connectivity index is 1.81. The predicted molar refractivity (Wildman–Crippen MR) is 97.8 cm³/mol. The van der Waals surface area contributed by atoms with Gasteiger partial charge in [0.15, 0.2) is 12.6 Å². The molecule has 6 heteroatoms. The van der Waals surface area contributed by atoms with E-state index in [-0.39, 0.29) is 35.4 Å². The molecule has 5 nitrogen and oxygen atoms in total. The molecule has 0 aromatic rings. The van der Waals surface area contributed by atoms with Crippen LogP contribution < -0.4 is 0 Å². The van der Waals surface area contributed by atoms with Crippen molar-refractivity contribution in [2.45, 2.75) is 95.8 Å². The van der Waals surface area contributed by atoms with Crippen molar-refractivity contribution in [1.29, 1.82) is 0 Å². The van der Waals surface area contributed by atoms with Gasteiger partial charge in [-0.25, -0.2) is 0 Å². The third-order valence-corrected chi connectivity index (χ3v) is 12.2. The molecule has 2 saturated heterocycles. The van der Waals surface area contributed by atoms with Gasteiger partial charge in [-0.2, -0.15) is 0 Å². The Kier molecular flexibility index (Phi) is 5.49. The molecule has 0 amide bonds. The van der Waals surface area contributed by atoms with Crippen LogP contribution in [0.1, 0.15) is 52.9 Å². The van der Waals surface area contributed by atoms with E-state index < -0.39 is 14.4 Å². The van der Waals surface area contributed by atoms with Gasteiger partial charge in [-0.3, -0.25) is 0 Å². The molecule has 1 saturated carbocycles. The molecule has 0 aromatic heterocycles. The fraction of sp³-hybridized carbons (Fsp3) is 0.947. The summed E-state index contributed by atoms with van der Waals surface area (Å²) in [6.07, 6.45) is 3.17. The molecule has 1 N–H and O–H groups in total. The van der Waals surface area contributed by atoms with E-state index in [2.05, 4.69) is 33.9 Å². The minimum absolute atomic E-state index is 0.00780. The van der Waals surface area contributed by atoms with E-state index in [9.17, 15) is 9.90 Å². The molecule has 2 aliphatic heterocycles. The summed E-state index contributed by atoms with van der Waals surface area (Å²) in [5.74, 6) is -0.0983. The number of carbonyl (C=O) groups is 1. The highest BCUT2D eigenvalue weighted by Crippen LogP contribution is 2.49. The van der Waals surface area contributed by atoms with Crippen molar-refractivity contribution >= 4 is 13.5 Å². The van der Waals surface area contributed by atoms with E-state index in [1.165, 1.54) is 0 Å². The van der Waals surface area contributed by atoms with Crippen molar-refractivity contribution in [2.75, 3.05) is 6.61 Å². The van der Waals surface area contributed by atoms with Crippen LogP contribution in [-0.4, -0.2) is 50.0 Å².